The molecule has 1 atom stereocenters. The van der Waals surface area contributed by atoms with Crippen LogP contribution in [-0.2, 0) is 12.8 Å². The van der Waals surface area contributed by atoms with Gasteiger partial charge in [-0.05, 0) is 18.1 Å². The predicted molar refractivity (Wildman–Crippen MR) is 77.5 cm³/mol. The summed E-state index contributed by atoms with van der Waals surface area (Å²) in [7, 11) is 0. The van der Waals surface area contributed by atoms with Crippen molar-refractivity contribution in [3.8, 4) is 17.1 Å². The van der Waals surface area contributed by atoms with E-state index in [1.807, 2.05) is 0 Å². The van der Waals surface area contributed by atoms with Gasteiger partial charge < -0.3 is 10.5 Å². The minimum Gasteiger partial charge on any atom is -0.488 e. The topological polar surface area (TPSA) is 76.8 Å². The lowest BCUT2D eigenvalue weighted by molar-refractivity contribution is 0.242. The second-order valence-electron chi connectivity index (χ2n) is 5.82. The first kappa shape index (κ1) is 14.0. The van der Waals surface area contributed by atoms with Gasteiger partial charge in [0.25, 0.3) is 0 Å². The highest BCUT2D eigenvalue weighted by molar-refractivity contribution is 5.67. The number of rotatable bonds is 4. The highest BCUT2D eigenvalue weighted by Crippen LogP contribution is 2.38. The summed E-state index contributed by atoms with van der Waals surface area (Å²) in [6.07, 6.45) is 1.33. The van der Waals surface area contributed by atoms with Crippen molar-refractivity contribution in [2.75, 3.05) is 6.54 Å². The standard InChI is InChI=1S/C15H19FN4O/c1-8(2)3-13-18-15(20-19-13)12-6-10(16)4-9-5-11(7-17)21-14(9)12/h4,6,8,11H,3,5,7,17H2,1-2H3,(H,18,19,20). The quantitative estimate of drug-likeness (QED) is 0.903. The maximum absolute atomic E-state index is 13.8. The molecule has 1 aromatic heterocycles. The van der Waals surface area contributed by atoms with Crippen molar-refractivity contribution in [3.63, 3.8) is 0 Å². The number of aromatic nitrogens is 3. The van der Waals surface area contributed by atoms with Crippen LogP contribution < -0.4 is 10.5 Å². The second kappa shape index (κ2) is 5.44. The molecule has 2 heterocycles. The van der Waals surface area contributed by atoms with Gasteiger partial charge in [0.05, 0.1) is 5.56 Å². The third kappa shape index (κ3) is 2.76. The van der Waals surface area contributed by atoms with Gasteiger partial charge in [0.15, 0.2) is 5.82 Å². The highest BCUT2D eigenvalue weighted by Gasteiger charge is 2.27. The van der Waals surface area contributed by atoms with E-state index in [1.165, 1.54) is 12.1 Å². The van der Waals surface area contributed by atoms with Crippen molar-refractivity contribution in [2.45, 2.75) is 32.8 Å². The van der Waals surface area contributed by atoms with Crippen LogP contribution in [0.3, 0.4) is 0 Å². The van der Waals surface area contributed by atoms with Crippen molar-refractivity contribution in [1.29, 1.82) is 0 Å². The molecule has 1 aromatic carbocycles. The normalized spacial score (nSPS) is 17.1. The maximum atomic E-state index is 13.8. The first-order chi connectivity index (χ1) is 10.1. The lowest BCUT2D eigenvalue weighted by Gasteiger charge is -2.08. The van der Waals surface area contributed by atoms with Crippen molar-refractivity contribution in [1.82, 2.24) is 15.2 Å². The zero-order valence-corrected chi connectivity index (χ0v) is 12.2. The first-order valence-corrected chi connectivity index (χ1v) is 7.17. The third-order valence-electron chi connectivity index (χ3n) is 3.50. The fourth-order valence-electron chi connectivity index (χ4n) is 2.59. The number of H-pyrrole nitrogens is 1. The number of ether oxygens (including phenoxy) is 1. The fraction of sp³-hybridized carbons (Fsp3) is 0.467. The van der Waals surface area contributed by atoms with Crippen LogP contribution in [0.5, 0.6) is 5.75 Å². The van der Waals surface area contributed by atoms with Crippen molar-refractivity contribution < 1.29 is 9.13 Å². The summed E-state index contributed by atoms with van der Waals surface area (Å²) in [5.74, 6) is 2.09. The number of hydrogen-bond donors (Lipinski definition) is 2. The van der Waals surface area contributed by atoms with Gasteiger partial charge in [-0.1, -0.05) is 13.8 Å². The molecule has 0 saturated heterocycles. The average Bonchev–Trinajstić information content (AvgIpc) is 3.03. The largest absolute Gasteiger partial charge is 0.488 e. The third-order valence-corrected chi connectivity index (χ3v) is 3.50. The Kier molecular flexibility index (Phi) is 3.63. The Morgan fingerprint density at radius 1 is 1.48 bits per heavy atom. The number of nitrogens with one attached hydrogen (secondary N) is 1. The number of nitrogens with zero attached hydrogens (tertiary/aromatic N) is 2. The molecule has 3 rings (SSSR count). The van der Waals surface area contributed by atoms with Gasteiger partial charge in [0, 0.05) is 24.9 Å². The summed E-state index contributed by atoms with van der Waals surface area (Å²) in [6.45, 7) is 4.62. The van der Waals surface area contributed by atoms with E-state index in [-0.39, 0.29) is 11.9 Å². The van der Waals surface area contributed by atoms with Crippen LogP contribution in [0.25, 0.3) is 11.4 Å². The van der Waals surface area contributed by atoms with Crippen molar-refractivity contribution in [3.05, 3.63) is 29.3 Å². The molecule has 3 N–H and O–H groups in total. The molecule has 1 unspecified atom stereocenters. The molecule has 0 saturated carbocycles. The minimum atomic E-state index is -0.305. The van der Waals surface area contributed by atoms with Crippen LogP contribution in [-0.4, -0.2) is 27.8 Å². The molecule has 0 amide bonds. The molecule has 21 heavy (non-hydrogen) atoms. The molecule has 0 spiro atoms. The summed E-state index contributed by atoms with van der Waals surface area (Å²) in [4.78, 5) is 4.45. The molecule has 6 heteroatoms. The molecular formula is C15H19FN4O. The Balaban J connectivity index is 1.98. The molecule has 1 aliphatic rings. The average molecular weight is 290 g/mol. The van der Waals surface area contributed by atoms with Gasteiger partial charge >= 0.3 is 0 Å². The zero-order chi connectivity index (χ0) is 15.0. The molecule has 2 aromatic rings. The van der Waals surface area contributed by atoms with Gasteiger partial charge in [0.2, 0.25) is 0 Å². The van der Waals surface area contributed by atoms with E-state index in [0.29, 0.717) is 36.0 Å². The van der Waals surface area contributed by atoms with E-state index < -0.39 is 0 Å². The van der Waals surface area contributed by atoms with E-state index in [4.69, 9.17) is 10.5 Å². The fourth-order valence-corrected chi connectivity index (χ4v) is 2.59. The van der Waals surface area contributed by atoms with Crippen LogP contribution in [0.1, 0.15) is 25.2 Å². The number of halogens is 1. The van der Waals surface area contributed by atoms with Crippen LogP contribution in [0, 0.1) is 11.7 Å². The van der Waals surface area contributed by atoms with Gasteiger partial charge in [0.1, 0.15) is 23.5 Å². The number of benzene rings is 1. The van der Waals surface area contributed by atoms with Crippen LogP contribution >= 0.6 is 0 Å². The molecule has 0 radical (unpaired) electrons. The Morgan fingerprint density at radius 3 is 3.00 bits per heavy atom. The molecule has 1 aliphatic heterocycles. The lowest BCUT2D eigenvalue weighted by Crippen LogP contribution is -2.24. The molecular weight excluding hydrogens is 271 g/mol. The Morgan fingerprint density at radius 2 is 2.29 bits per heavy atom. The van der Waals surface area contributed by atoms with Gasteiger partial charge in [-0.15, -0.1) is 0 Å². The Labute approximate surface area is 122 Å². The number of aromatic amines is 1. The number of hydrogen-bond acceptors (Lipinski definition) is 4. The Bertz CT molecular complexity index is 653. The second-order valence-corrected chi connectivity index (χ2v) is 5.82. The highest BCUT2D eigenvalue weighted by atomic mass is 19.1. The number of nitrogens with two attached hydrogens (primary N) is 1. The van der Waals surface area contributed by atoms with Crippen molar-refractivity contribution in [2.24, 2.45) is 11.7 Å². The first-order valence-electron chi connectivity index (χ1n) is 7.17. The molecule has 5 nitrogen and oxygen atoms in total. The summed E-state index contributed by atoms with van der Waals surface area (Å²) in [5.41, 5.74) is 7.06. The van der Waals surface area contributed by atoms with Crippen LogP contribution in [0.15, 0.2) is 12.1 Å². The Hall–Kier alpha value is -1.95. The van der Waals surface area contributed by atoms with Gasteiger partial charge in [-0.2, -0.15) is 5.10 Å². The molecule has 0 bridgehead atoms. The zero-order valence-electron chi connectivity index (χ0n) is 12.2. The summed E-state index contributed by atoms with van der Waals surface area (Å²) in [5, 5.41) is 7.10. The van der Waals surface area contributed by atoms with E-state index in [1.54, 1.807) is 0 Å². The smallest absolute Gasteiger partial charge is 0.184 e. The molecule has 0 fully saturated rings. The van der Waals surface area contributed by atoms with E-state index >= 15 is 0 Å². The van der Waals surface area contributed by atoms with Crippen LogP contribution in [0.2, 0.25) is 0 Å². The van der Waals surface area contributed by atoms with E-state index in [0.717, 1.165) is 17.8 Å². The lowest BCUT2D eigenvalue weighted by atomic mass is 10.1. The minimum absolute atomic E-state index is 0.102. The van der Waals surface area contributed by atoms with Gasteiger partial charge in [-0.3, -0.25) is 5.10 Å². The summed E-state index contributed by atoms with van der Waals surface area (Å²) < 4.78 is 19.6. The maximum Gasteiger partial charge on any atom is 0.184 e. The summed E-state index contributed by atoms with van der Waals surface area (Å²) >= 11 is 0. The molecule has 0 aliphatic carbocycles. The van der Waals surface area contributed by atoms with Gasteiger partial charge in [-0.25, -0.2) is 9.37 Å². The van der Waals surface area contributed by atoms with E-state index in [2.05, 4.69) is 29.0 Å². The van der Waals surface area contributed by atoms with Crippen molar-refractivity contribution >= 4 is 0 Å². The van der Waals surface area contributed by atoms with E-state index in [9.17, 15) is 4.39 Å². The number of fused-ring (bicyclic) bond motifs is 1. The summed E-state index contributed by atoms with van der Waals surface area (Å²) in [6, 6.07) is 2.91. The van der Waals surface area contributed by atoms with Crippen LogP contribution in [0.4, 0.5) is 4.39 Å². The SMILES string of the molecule is CC(C)Cc1nc(-c2cc(F)cc3c2OC(CN)C3)n[nH]1. The monoisotopic (exact) mass is 290 g/mol. The molecule has 112 valence electrons. The predicted octanol–water partition coefficient (Wildman–Crippen LogP) is 2.07.